The summed E-state index contributed by atoms with van der Waals surface area (Å²) in [5.41, 5.74) is 6.19. The number of nitrogens with zero attached hydrogens (tertiary/aromatic N) is 1. The van der Waals surface area contributed by atoms with Gasteiger partial charge in [0.25, 0.3) is 0 Å². The molecule has 0 aliphatic heterocycles. The number of benzene rings is 1. The predicted octanol–water partition coefficient (Wildman–Crippen LogP) is 3.34. The first kappa shape index (κ1) is 18.4. The molecule has 3 nitrogen and oxygen atoms in total. The van der Waals surface area contributed by atoms with Crippen LogP contribution in [-0.4, -0.2) is 18.5 Å². The van der Waals surface area contributed by atoms with Crippen LogP contribution in [0.5, 0.6) is 0 Å². The number of halogens is 3. The molecule has 1 aromatic rings. The van der Waals surface area contributed by atoms with Crippen molar-refractivity contribution in [2.24, 2.45) is 10.7 Å². The van der Waals surface area contributed by atoms with Crippen molar-refractivity contribution in [3.63, 3.8) is 0 Å². The zero-order valence-electron chi connectivity index (χ0n) is 11.1. The van der Waals surface area contributed by atoms with Gasteiger partial charge in [-0.25, -0.2) is 4.39 Å². The van der Waals surface area contributed by atoms with Crippen LogP contribution in [0.15, 0.2) is 23.2 Å². The van der Waals surface area contributed by atoms with E-state index in [1.165, 1.54) is 6.07 Å². The second-order valence-electron chi connectivity index (χ2n) is 4.17. The largest absolute Gasteiger partial charge is 0.370 e. The maximum atomic E-state index is 13.5. The maximum absolute atomic E-state index is 13.5. The predicted molar refractivity (Wildman–Crippen MR) is 89.9 cm³/mol. The fraction of sp³-hybridized carbons (Fsp3) is 0.462. The molecule has 3 N–H and O–H groups in total. The number of hydrogen-bond donors (Lipinski definition) is 2. The maximum Gasteiger partial charge on any atom is 0.188 e. The van der Waals surface area contributed by atoms with Gasteiger partial charge in [0, 0.05) is 23.2 Å². The van der Waals surface area contributed by atoms with E-state index in [9.17, 15) is 4.39 Å². The summed E-state index contributed by atoms with van der Waals surface area (Å²) >= 11 is 5.92. The Kier molecular flexibility index (Phi) is 9.08. The van der Waals surface area contributed by atoms with Gasteiger partial charge in [-0.05, 0) is 31.9 Å². The Bertz CT molecular complexity index is 406. The van der Waals surface area contributed by atoms with Gasteiger partial charge in [-0.2, -0.15) is 0 Å². The van der Waals surface area contributed by atoms with E-state index in [-0.39, 0.29) is 35.8 Å². The topological polar surface area (TPSA) is 50.4 Å². The van der Waals surface area contributed by atoms with Gasteiger partial charge in [0.1, 0.15) is 5.82 Å². The van der Waals surface area contributed by atoms with Crippen molar-refractivity contribution < 1.29 is 4.39 Å². The standard InChI is InChI=1S/C13H19ClFN3.HI/c1-3-9(2)18-13(16)17-8-7-10-11(14)5-4-6-12(10)15;/h4-6,9H,3,7-8H2,1-2H3,(H3,16,17,18);1H. The molecule has 19 heavy (non-hydrogen) atoms. The van der Waals surface area contributed by atoms with Gasteiger partial charge in [-0.1, -0.05) is 24.6 Å². The molecule has 108 valence electrons. The van der Waals surface area contributed by atoms with Gasteiger partial charge in [-0.3, -0.25) is 4.99 Å². The average molecular weight is 400 g/mol. The zero-order chi connectivity index (χ0) is 13.5. The minimum atomic E-state index is -0.300. The monoisotopic (exact) mass is 399 g/mol. The van der Waals surface area contributed by atoms with Crippen molar-refractivity contribution >= 4 is 41.5 Å². The summed E-state index contributed by atoms with van der Waals surface area (Å²) in [4.78, 5) is 4.15. The SMILES string of the molecule is CCC(C)NC(N)=NCCc1c(F)cccc1Cl.I. The van der Waals surface area contributed by atoms with Crippen molar-refractivity contribution in [1.82, 2.24) is 5.32 Å². The van der Waals surface area contributed by atoms with E-state index in [2.05, 4.69) is 17.2 Å². The Morgan fingerprint density at radius 2 is 2.21 bits per heavy atom. The van der Waals surface area contributed by atoms with Gasteiger partial charge < -0.3 is 11.1 Å². The van der Waals surface area contributed by atoms with Crippen molar-refractivity contribution in [2.75, 3.05) is 6.54 Å². The molecular weight excluding hydrogens is 380 g/mol. The quantitative estimate of drug-likeness (QED) is 0.453. The van der Waals surface area contributed by atoms with E-state index in [4.69, 9.17) is 17.3 Å². The summed E-state index contributed by atoms with van der Waals surface area (Å²) in [7, 11) is 0. The summed E-state index contributed by atoms with van der Waals surface area (Å²) < 4.78 is 13.5. The van der Waals surface area contributed by atoms with Crippen molar-refractivity contribution in [3.05, 3.63) is 34.6 Å². The van der Waals surface area contributed by atoms with Gasteiger partial charge >= 0.3 is 0 Å². The molecule has 1 rings (SSSR count). The molecule has 0 spiro atoms. The summed E-state index contributed by atoms with van der Waals surface area (Å²) in [6.45, 7) is 4.50. The first-order chi connectivity index (χ1) is 8.54. The molecule has 0 fully saturated rings. The zero-order valence-corrected chi connectivity index (χ0v) is 14.2. The summed E-state index contributed by atoms with van der Waals surface area (Å²) in [5, 5.41) is 3.48. The molecule has 0 aliphatic carbocycles. The lowest BCUT2D eigenvalue weighted by Crippen LogP contribution is -2.38. The van der Waals surface area contributed by atoms with Crippen LogP contribution < -0.4 is 11.1 Å². The van der Waals surface area contributed by atoms with Crippen LogP contribution in [0.1, 0.15) is 25.8 Å². The van der Waals surface area contributed by atoms with E-state index in [1.54, 1.807) is 12.1 Å². The van der Waals surface area contributed by atoms with Gasteiger partial charge in [0.05, 0.1) is 0 Å². The molecule has 0 saturated heterocycles. The van der Waals surface area contributed by atoms with Crippen LogP contribution in [0, 0.1) is 5.82 Å². The number of hydrogen-bond acceptors (Lipinski definition) is 1. The average Bonchev–Trinajstić information content (AvgIpc) is 2.32. The molecular formula is C13H20ClFIN3. The molecule has 1 unspecified atom stereocenters. The Morgan fingerprint density at radius 3 is 2.79 bits per heavy atom. The normalized spacial score (nSPS) is 12.7. The molecule has 0 saturated carbocycles. The lowest BCUT2D eigenvalue weighted by molar-refractivity contribution is 0.608. The number of nitrogens with one attached hydrogen (secondary N) is 1. The minimum absolute atomic E-state index is 0. The fourth-order valence-corrected chi connectivity index (χ4v) is 1.72. The second-order valence-corrected chi connectivity index (χ2v) is 4.58. The molecule has 0 amide bonds. The van der Waals surface area contributed by atoms with Crippen molar-refractivity contribution in [1.29, 1.82) is 0 Å². The van der Waals surface area contributed by atoms with Crippen LogP contribution >= 0.6 is 35.6 Å². The van der Waals surface area contributed by atoms with Crippen LogP contribution in [0.4, 0.5) is 4.39 Å². The highest BCUT2D eigenvalue weighted by Crippen LogP contribution is 2.19. The fourth-order valence-electron chi connectivity index (χ4n) is 1.46. The minimum Gasteiger partial charge on any atom is -0.370 e. The van der Waals surface area contributed by atoms with E-state index in [0.29, 0.717) is 29.5 Å². The van der Waals surface area contributed by atoms with Crippen LogP contribution in [0.2, 0.25) is 5.02 Å². The third-order valence-corrected chi connectivity index (χ3v) is 3.07. The second kappa shape index (κ2) is 9.36. The Hall–Kier alpha value is -0.560. The summed E-state index contributed by atoms with van der Waals surface area (Å²) in [6.07, 6.45) is 1.41. The Labute approximate surface area is 135 Å². The van der Waals surface area contributed by atoms with Gasteiger partial charge in [-0.15, -0.1) is 24.0 Å². The Morgan fingerprint density at radius 1 is 1.53 bits per heavy atom. The molecule has 0 radical (unpaired) electrons. The van der Waals surface area contributed by atoms with E-state index in [0.717, 1.165) is 6.42 Å². The molecule has 1 atom stereocenters. The number of aliphatic imine (C=N–C) groups is 1. The molecule has 6 heteroatoms. The van der Waals surface area contributed by atoms with E-state index in [1.807, 2.05) is 6.92 Å². The first-order valence-electron chi connectivity index (χ1n) is 6.04. The highest BCUT2D eigenvalue weighted by Gasteiger charge is 2.06. The summed E-state index contributed by atoms with van der Waals surface area (Å²) in [6, 6.07) is 4.94. The van der Waals surface area contributed by atoms with Crippen molar-refractivity contribution in [3.8, 4) is 0 Å². The highest BCUT2D eigenvalue weighted by molar-refractivity contribution is 14.0. The first-order valence-corrected chi connectivity index (χ1v) is 6.41. The lowest BCUT2D eigenvalue weighted by Gasteiger charge is -2.11. The van der Waals surface area contributed by atoms with Gasteiger partial charge in [0.2, 0.25) is 0 Å². The van der Waals surface area contributed by atoms with E-state index >= 15 is 0 Å². The van der Waals surface area contributed by atoms with Crippen LogP contribution in [0.3, 0.4) is 0 Å². The third-order valence-electron chi connectivity index (χ3n) is 2.71. The highest BCUT2D eigenvalue weighted by atomic mass is 127. The van der Waals surface area contributed by atoms with Crippen LogP contribution in [-0.2, 0) is 6.42 Å². The van der Waals surface area contributed by atoms with E-state index < -0.39 is 0 Å². The Balaban J connectivity index is 0.00000324. The summed E-state index contributed by atoms with van der Waals surface area (Å²) in [5.74, 6) is 0.0861. The third kappa shape index (κ3) is 6.42. The molecule has 0 bridgehead atoms. The number of guanidine groups is 1. The smallest absolute Gasteiger partial charge is 0.188 e. The lowest BCUT2D eigenvalue weighted by atomic mass is 10.1. The molecule has 1 aromatic carbocycles. The van der Waals surface area contributed by atoms with Crippen molar-refractivity contribution in [2.45, 2.75) is 32.7 Å². The van der Waals surface area contributed by atoms with Crippen LogP contribution in [0.25, 0.3) is 0 Å². The molecule has 0 aliphatic rings. The number of rotatable bonds is 5. The molecule has 0 aromatic heterocycles. The molecule has 0 heterocycles. The van der Waals surface area contributed by atoms with Gasteiger partial charge in [0.15, 0.2) is 5.96 Å². The number of nitrogens with two attached hydrogens (primary N) is 1.